The number of carbonyl (C=O) groups is 3. The molecule has 0 bridgehead atoms. The molecule has 1 saturated heterocycles. The second-order valence-corrected chi connectivity index (χ2v) is 9.16. The standard InChI is InChI=1S/C20H15F4N2O5P/c1-19(17(28)29)31-16-13(21)6-10(7-14(16)32-19)8-26-15(27)9-25(18(26)30)12-4-2-11(3-5-12)20(22,23)24/h2-7,32H,8-9H2,1H3,(H,28,29). The van der Waals surface area contributed by atoms with E-state index in [1.54, 1.807) is 0 Å². The number of amides is 3. The van der Waals surface area contributed by atoms with Crippen LogP contribution in [-0.4, -0.2) is 39.8 Å². The van der Waals surface area contributed by atoms with Crippen LogP contribution in [0.2, 0.25) is 0 Å². The number of carbonyl (C=O) groups excluding carboxylic acids is 2. The number of aliphatic carboxylic acids is 1. The molecule has 12 heteroatoms. The first kappa shape index (κ1) is 22.0. The Balaban J connectivity index is 1.54. The fourth-order valence-electron chi connectivity index (χ4n) is 3.43. The Morgan fingerprint density at radius 3 is 2.47 bits per heavy atom. The topological polar surface area (TPSA) is 87.2 Å². The average Bonchev–Trinajstić information content (AvgIpc) is 3.20. The van der Waals surface area contributed by atoms with E-state index >= 15 is 0 Å². The summed E-state index contributed by atoms with van der Waals surface area (Å²) in [6, 6.07) is 5.59. The van der Waals surface area contributed by atoms with Crippen molar-refractivity contribution in [3.63, 3.8) is 0 Å². The second kappa shape index (κ2) is 7.44. The van der Waals surface area contributed by atoms with Gasteiger partial charge in [0.15, 0.2) is 11.6 Å². The number of alkyl halides is 3. The minimum atomic E-state index is -4.53. The van der Waals surface area contributed by atoms with Gasteiger partial charge in [-0.25, -0.2) is 14.0 Å². The van der Waals surface area contributed by atoms with Gasteiger partial charge in [0.05, 0.1) is 12.1 Å². The lowest BCUT2D eigenvalue weighted by Gasteiger charge is -2.18. The molecule has 2 heterocycles. The largest absolute Gasteiger partial charge is 0.478 e. The number of carboxylic acid groups (broad SMARTS) is 1. The number of fused-ring (bicyclic) bond motifs is 1. The molecule has 2 aromatic rings. The number of urea groups is 1. The fourth-order valence-corrected chi connectivity index (χ4v) is 4.75. The van der Waals surface area contributed by atoms with Crippen molar-refractivity contribution in [2.75, 3.05) is 11.4 Å². The highest BCUT2D eigenvalue weighted by Crippen LogP contribution is 2.44. The highest BCUT2D eigenvalue weighted by molar-refractivity contribution is 7.50. The maximum absolute atomic E-state index is 14.5. The summed E-state index contributed by atoms with van der Waals surface area (Å²) in [6.07, 6.45) is -4.53. The van der Waals surface area contributed by atoms with E-state index in [1.807, 2.05) is 0 Å². The summed E-state index contributed by atoms with van der Waals surface area (Å²) >= 11 is 0. The van der Waals surface area contributed by atoms with Gasteiger partial charge in [-0.2, -0.15) is 13.2 Å². The molecule has 2 atom stereocenters. The number of rotatable bonds is 4. The van der Waals surface area contributed by atoms with E-state index in [0.717, 1.165) is 40.1 Å². The summed E-state index contributed by atoms with van der Waals surface area (Å²) in [5, 5.41) is 8.02. The Bertz CT molecular complexity index is 1140. The first-order valence-electron chi connectivity index (χ1n) is 9.21. The van der Waals surface area contributed by atoms with Crippen LogP contribution in [0.1, 0.15) is 18.1 Å². The van der Waals surface area contributed by atoms with Crippen LogP contribution < -0.4 is 14.9 Å². The molecule has 2 unspecified atom stereocenters. The minimum absolute atomic E-state index is 0.117. The van der Waals surface area contributed by atoms with E-state index in [1.165, 1.54) is 13.0 Å². The summed E-state index contributed by atoms with van der Waals surface area (Å²) in [4.78, 5) is 38.4. The molecule has 0 aliphatic carbocycles. The van der Waals surface area contributed by atoms with Crippen molar-refractivity contribution < 1.29 is 41.8 Å². The van der Waals surface area contributed by atoms with Crippen LogP contribution in [0.5, 0.6) is 5.75 Å². The van der Waals surface area contributed by atoms with Gasteiger partial charge in [0.1, 0.15) is 6.54 Å². The molecule has 2 aliphatic heterocycles. The van der Waals surface area contributed by atoms with Crippen LogP contribution in [0, 0.1) is 5.82 Å². The third kappa shape index (κ3) is 3.77. The van der Waals surface area contributed by atoms with Crippen LogP contribution in [0.15, 0.2) is 36.4 Å². The number of anilines is 1. The second-order valence-electron chi connectivity index (χ2n) is 7.41. The van der Waals surface area contributed by atoms with Crippen LogP contribution in [-0.2, 0) is 22.3 Å². The number of carboxylic acids is 1. The Morgan fingerprint density at radius 1 is 1.22 bits per heavy atom. The summed E-state index contributed by atoms with van der Waals surface area (Å²) in [5.74, 6) is -2.84. The van der Waals surface area contributed by atoms with Gasteiger partial charge in [-0.1, -0.05) is 0 Å². The van der Waals surface area contributed by atoms with E-state index in [9.17, 15) is 37.1 Å². The number of nitrogens with zero attached hydrogens (tertiary/aromatic N) is 2. The molecule has 0 radical (unpaired) electrons. The molecule has 3 amide bonds. The third-order valence-corrected chi connectivity index (χ3v) is 6.53. The maximum atomic E-state index is 14.5. The quantitative estimate of drug-likeness (QED) is 0.421. The predicted octanol–water partition coefficient (Wildman–Crippen LogP) is 3.31. The SMILES string of the molecule is CC1(C(=O)O)Oc2c(F)cc(CN3C(=O)CN(c4ccc(C(F)(F)F)cc4)C3=O)cc2P1. The van der Waals surface area contributed by atoms with Crippen molar-refractivity contribution in [3.8, 4) is 5.75 Å². The van der Waals surface area contributed by atoms with Crippen molar-refractivity contribution in [1.82, 2.24) is 4.90 Å². The van der Waals surface area contributed by atoms with Gasteiger partial charge in [0.25, 0.3) is 5.91 Å². The highest BCUT2D eigenvalue weighted by atomic mass is 31.1. The molecule has 1 fully saturated rings. The van der Waals surface area contributed by atoms with Crippen molar-refractivity contribution in [1.29, 1.82) is 0 Å². The van der Waals surface area contributed by atoms with E-state index in [4.69, 9.17) is 4.74 Å². The normalized spacial score (nSPS) is 21.3. The van der Waals surface area contributed by atoms with Crippen LogP contribution >= 0.6 is 8.58 Å². The van der Waals surface area contributed by atoms with Gasteiger partial charge in [0, 0.05) is 11.0 Å². The van der Waals surface area contributed by atoms with Gasteiger partial charge in [-0.3, -0.25) is 14.6 Å². The zero-order chi connectivity index (χ0) is 23.4. The molecular weight excluding hydrogens is 455 g/mol. The first-order chi connectivity index (χ1) is 14.9. The minimum Gasteiger partial charge on any atom is -0.478 e. The molecule has 2 aliphatic rings. The number of hydrogen-bond acceptors (Lipinski definition) is 4. The summed E-state index contributed by atoms with van der Waals surface area (Å²) in [7, 11) is -0.388. The van der Waals surface area contributed by atoms with Crippen molar-refractivity contribution in [2.24, 2.45) is 0 Å². The Kier molecular flexibility index (Phi) is 5.12. The lowest BCUT2D eigenvalue weighted by molar-refractivity contribution is -0.146. The zero-order valence-corrected chi connectivity index (χ0v) is 17.4. The molecule has 1 N–H and O–H groups in total. The smallest absolute Gasteiger partial charge is 0.416 e. The van der Waals surface area contributed by atoms with Gasteiger partial charge < -0.3 is 9.84 Å². The summed E-state index contributed by atoms with van der Waals surface area (Å²) < 4.78 is 58.0. The van der Waals surface area contributed by atoms with Gasteiger partial charge in [0.2, 0.25) is 5.34 Å². The zero-order valence-electron chi connectivity index (χ0n) is 16.4. The Morgan fingerprint density at radius 2 is 1.88 bits per heavy atom. The van der Waals surface area contributed by atoms with Crippen LogP contribution in [0.3, 0.4) is 0 Å². The number of benzene rings is 2. The van der Waals surface area contributed by atoms with Crippen LogP contribution in [0.25, 0.3) is 0 Å². The van der Waals surface area contributed by atoms with E-state index < -0.39 is 40.8 Å². The summed E-state index contributed by atoms with van der Waals surface area (Å²) in [6.45, 7) is 0.662. The van der Waals surface area contributed by atoms with Gasteiger partial charge >= 0.3 is 18.2 Å². The Hall–Kier alpha value is -3.20. The van der Waals surface area contributed by atoms with Crippen molar-refractivity contribution in [2.45, 2.75) is 25.0 Å². The van der Waals surface area contributed by atoms with E-state index in [2.05, 4.69) is 0 Å². The molecule has 168 valence electrons. The maximum Gasteiger partial charge on any atom is 0.416 e. The van der Waals surface area contributed by atoms with Crippen molar-refractivity contribution in [3.05, 3.63) is 53.3 Å². The molecule has 0 spiro atoms. The highest BCUT2D eigenvalue weighted by Gasteiger charge is 2.44. The average molecular weight is 470 g/mol. The Labute approximate surface area is 180 Å². The molecule has 0 saturated carbocycles. The van der Waals surface area contributed by atoms with E-state index in [-0.39, 0.29) is 38.7 Å². The third-order valence-electron chi connectivity index (χ3n) is 5.09. The number of ether oxygens (including phenoxy) is 1. The molecular formula is C20H15F4N2O5P. The molecule has 7 nitrogen and oxygen atoms in total. The molecule has 4 rings (SSSR count). The molecule has 2 aromatic carbocycles. The number of halogens is 4. The van der Waals surface area contributed by atoms with Gasteiger partial charge in [-0.05, 0) is 57.5 Å². The van der Waals surface area contributed by atoms with Gasteiger partial charge in [-0.15, -0.1) is 0 Å². The lowest BCUT2D eigenvalue weighted by Crippen LogP contribution is -2.34. The van der Waals surface area contributed by atoms with Crippen LogP contribution in [0.4, 0.5) is 28.0 Å². The monoisotopic (exact) mass is 470 g/mol. The molecule has 0 aromatic heterocycles. The van der Waals surface area contributed by atoms with Crippen molar-refractivity contribution >= 4 is 37.5 Å². The molecule has 32 heavy (non-hydrogen) atoms. The number of imide groups is 1. The lowest BCUT2D eigenvalue weighted by atomic mass is 10.2. The predicted molar refractivity (Wildman–Crippen MR) is 106 cm³/mol. The van der Waals surface area contributed by atoms with E-state index in [0.29, 0.717) is 5.30 Å². The summed E-state index contributed by atoms with van der Waals surface area (Å²) in [5.41, 5.74) is -0.518. The fraction of sp³-hybridized carbons (Fsp3) is 0.250. The number of hydrogen-bond donors (Lipinski definition) is 1. The first-order valence-corrected chi connectivity index (χ1v) is 10.2.